The second-order valence-electron chi connectivity index (χ2n) is 4.52. The molecule has 0 aliphatic carbocycles. The first-order chi connectivity index (χ1) is 9.24. The van der Waals surface area contributed by atoms with Gasteiger partial charge < -0.3 is 0 Å². The summed E-state index contributed by atoms with van der Waals surface area (Å²) in [7, 11) is 0. The van der Waals surface area contributed by atoms with E-state index in [2.05, 4.69) is 5.43 Å². The standard InChI is InChI=1S/C15H13FN2O/c16-12-6-4-5-11(9-12)14-10-15(19)17-18(14)13-7-2-1-3-8-13/h1-9,14H,10H2,(H,17,19). The Kier molecular flexibility index (Phi) is 2.91. The van der Waals surface area contributed by atoms with Crippen molar-refractivity contribution in [1.82, 2.24) is 5.43 Å². The first-order valence-electron chi connectivity index (χ1n) is 6.13. The zero-order chi connectivity index (χ0) is 13.2. The van der Waals surface area contributed by atoms with E-state index in [1.165, 1.54) is 12.1 Å². The molecular weight excluding hydrogens is 243 g/mol. The topological polar surface area (TPSA) is 32.3 Å². The summed E-state index contributed by atoms with van der Waals surface area (Å²) >= 11 is 0. The molecule has 3 nitrogen and oxygen atoms in total. The van der Waals surface area contributed by atoms with Crippen LogP contribution in [0.1, 0.15) is 18.0 Å². The van der Waals surface area contributed by atoms with Crippen LogP contribution in [0.3, 0.4) is 0 Å². The van der Waals surface area contributed by atoms with E-state index in [1.807, 2.05) is 36.4 Å². The van der Waals surface area contributed by atoms with Gasteiger partial charge in [-0.05, 0) is 29.8 Å². The Bertz CT molecular complexity index is 600. The van der Waals surface area contributed by atoms with E-state index in [-0.39, 0.29) is 17.8 Å². The molecule has 1 aliphatic heterocycles. The molecule has 0 spiro atoms. The van der Waals surface area contributed by atoms with Crippen LogP contribution in [0.15, 0.2) is 54.6 Å². The van der Waals surface area contributed by atoms with Crippen molar-refractivity contribution in [3.63, 3.8) is 0 Å². The summed E-state index contributed by atoms with van der Waals surface area (Å²) < 4.78 is 13.3. The van der Waals surface area contributed by atoms with Gasteiger partial charge in [-0.3, -0.25) is 15.2 Å². The lowest BCUT2D eigenvalue weighted by Gasteiger charge is -2.25. The highest BCUT2D eigenvalue weighted by Gasteiger charge is 2.31. The normalized spacial score (nSPS) is 18.5. The number of carbonyl (C=O) groups excluding carboxylic acids is 1. The Hall–Kier alpha value is -2.36. The number of nitrogens with one attached hydrogen (secondary N) is 1. The van der Waals surface area contributed by atoms with Crippen LogP contribution in [0.4, 0.5) is 10.1 Å². The minimum Gasteiger partial charge on any atom is -0.278 e. The minimum absolute atomic E-state index is 0.0573. The number of hydrogen-bond acceptors (Lipinski definition) is 2. The predicted molar refractivity (Wildman–Crippen MR) is 70.8 cm³/mol. The van der Waals surface area contributed by atoms with E-state index < -0.39 is 0 Å². The van der Waals surface area contributed by atoms with Crippen molar-refractivity contribution in [2.45, 2.75) is 12.5 Å². The number of hydrazine groups is 1. The van der Waals surface area contributed by atoms with Gasteiger partial charge in [0.2, 0.25) is 5.91 Å². The van der Waals surface area contributed by atoms with Crippen molar-refractivity contribution in [1.29, 1.82) is 0 Å². The summed E-state index contributed by atoms with van der Waals surface area (Å²) in [5, 5.41) is 1.79. The molecule has 1 fully saturated rings. The third kappa shape index (κ3) is 2.29. The lowest BCUT2D eigenvalue weighted by Crippen LogP contribution is -2.34. The van der Waals surface area contributed by atoms with E-state index in [4.69, 9.17) is 0 Å². The molecule has 1 saturated heterocycles. The highest BCUT2D eigenvalue weighted by molar-refractivity contribution is 5.83. The molecule has 1 amide bonds. The summed E-state index contributed by atoms with van der Waals surface area (Å²) in [4.78, 5) is 11.6. The lowest BCUT2D eigenvalue weighted by atomic mass is 10.0. The number of rotatable bonds is 2. The Balaban J connectivity index is 1.97. The first kappa shape index (κ1) is 11.7. The summed E-state index contributed by atoms with van der Waals surface area (Å²) in [6.45, 7) is 0. The molecule has 0 bridgehead atoms. The molecule has 1 aliphatic rings. The van der Waals surface area contributed by atoms with Crippen molar-refractivity contribution in [2.75, 3.05) is 5.01 Å². The second kappa shape index (κ2) is 4.72. The average molecular weight is 256 g/mol. The summed E-state index contributed by atoms with van der Waals surface area (Å²) in [6, 6.07) is 15.8. The number of hydrogen-bond donors (Lipinski definition) is 1. The van der Waals surface area contributed by atoms with Crippen LogP contribution < -0.4 is 10.4 Å². The fraction of sp³-hybridized carbons (Fsp3) is 0.133. The fourth-order valence-corrected chi connectivity index (χ4v) is 2.34. The maximum atomic E-state index is 13.3. The van der Waals surface area contributed by atoms with Gasteiger partial charge in [-0.1, -0.05) is 30.3 Å². The molecule has 2 aromatic carbocycles. The van der Waals surface area contributed by atoms with Crippen LogP contribution in [0, 0.1) is 5.82 Å². The van der Waals surface area contributed by atoms with Crippen molar-refractivity contribution in [2.24, 2.45) is 0 Å². The fourth-order valence-electron chi connectivity index (χ4n) is 2.34. The summed E-state index contributed by atoms with van der Waals surface area (Å²) in [6.07, 6.45) is 0.332. The van der Waals surface area contributed by atoms with Gasteiger partial charge in [-0.2, -0.15) is 0 Å². The zero-order valence-electron chi connectivity index (χ0n) is 10.2. The van der Waals surface area contributed by atoms with E-state index in [1.54, 1.807) is 11.1 Å². The molecule has 2 aromatic rings. The van der Waals surface area contributed by atoms with Crippen molar-refractivity contribution >= 4 is 11.6 Å². The van der Waals surface area contributed by atoms with E-state index in [0.29, 0.717) is 6.42 Å². The molecule has 0 saturated carbocycles. The smallest absolute Gasteiger partial charge is 0.241 e. The van der Waals surface area contributed by atoms with E-state index in [0.717, 1.165) is 11.3 Å². The van der Waals surface area contributed by atoms with Crippen LogP contribution in [0.5, 0.6) is 0 Å². The molecule has 4 heteroatoms. The van der Waals surface area contributed by atoms with Gasteiger partial charge >= 0.3 is 0 Å². The van der Waals surface area contributed by atoms with Gasteiger partial charge in [-0.15, -0.1) is 0 Å². The predicted octanol–water partition coefficient (Wildman–Crippen LogP) is 2.81. The van der Waals surface area contributed by atoms with Crippen LogP contribution in [-0.2, 0) is 4.79 Å². The molecule has 1 heterocycles. The quantitative estimate of drug-likeness (QED) is 0.896. The Morgan fingerprint density at radius 3 is 2.63 bits per heavy atom. The number of para-hydroxylation sites is 1. The number of carbonyl (C=O) groups is 1. The van der Waals surface area contributed by atoms with Gasteiger partial charge in [0.05, 0.1) is 18.2 Å². The number of halogens is 1. The molecule has 3 rings (SSSR count). The number of nitrogens with zero attached hydrogens (tertiary/aromatic N) is 1. The van der Waals surface area contributed by atoms with Crippen molar-refractivity contribution < 1.29 is 9.18 Å². The van der Waals surface area contributed by atoms with Gasteiger partial charge in [-0.25, -0.2) is 4.39 Å². The van der Waals surface area contributed by atoms with Gasteiger partial charge in [0, 0.05) is 0 Å². The van der Waals surface area contributed by atoms with Crippen LogP contribution in [0.25, 0.3) is 0 Å². The van der Waals surface area contributed by atoms with Gasteiger partial charge in [0.25, 0.3) is 0 Å². The first-order valence-corrected chi connectivity index (χ1v) is 6.13. The van der Waals surface area contributed by atoms with Crippen LogP contribution in [-0.4, -0.2) is 5.91 Å². The minimum atomic E-state index is -0.287. The maximum absolute atomic E-state index is 13.3. The molecule has 1 unspecified atom stereocenters. The van der Waals surface area contributed by atoms with E-state index in [9.17, 15) is 9.18 Å². The summed E-state index contributed by atoms with van der Waals surface area (Å²) in [5.74, 6) is -0.344. The molecule has 0 aromatic heterocycles. The Morgan fingerprint density at radius 1 is 1.11 bits per heavy atom. The monoisotopic (exact) mass is 256 g/mol. The molecule has 0 radical (unpaired) electrons. The lowest BCUT2D eigenvalue weighted by molar-refractivity contribution is -0.119. The largest absolute Gasteiger partial charge is 0.278 e. The Labute approximate surface area is 110 Å². The Morgan fingerprint density at radius 2 is 1.89 bits per heavy atom. The van der Waals surface area contributed by atoms with Crippen molar-refractivity contribution in [3.05, 3.63) is 66.0 Å². The van der Waals surface area contributed by atoms with Crippen LogP contribution in [0.2, 0.25) is 0 Å². The molecular formula is C15H13FN2O. The number of benzene rings is 2. The van der Waals surface area contributed by atoms with Crippen LogP contribution >= 0.6 is 0 Å². The number of anilines is 1. The molecule has 1 atom stereocenters. The van der Waals surface area contributed by atoms with Crippen molar-refractivity contribution in [3.8, 4) is 0 Å². The van der Waals surface area contributed by atoms with Gasteiger partial charge in [0.1, 0.15) is 5.82 Å². The van der Waals surface area contributed by atoms with Gasteiger partial charge in [0.15, 0.2) is 0 Å². The SMILES string of the molecule is O=C1CC(c2cccc(F)c2)N(c2ccccc2)N1. The van der Waals surface area contributed by atoms with E-state index >= 15 is 0 Å². The average Bonchev–Trinajstić information content (AvgIpc) is 2.82. The second-order valence-corrected chi connectivity index (χ2v) is 4.52. The molecule has 19 heavy (non-hydrogen) atoms. The number of amides is 1. The maximum Gasteiger partial charge on any atom is 0.241 e. The third-order valence-corrected chi connectivity index (χ3v) is 3.20. The molecule has 1 N–H and O–H groups in total. The third-order valence-electron chi connectivity index (χ3n) is 3.20. The highest BCUT2D eigenvalue weighted by atomic mass is 19.1. The zero-order valence-corrected chi connectivity index (χ0v) is 10.2. The highest BCUT2D eigenvalue weighted by Crippen LogP contribution is 2.32. The summed E-state index contributed by atoms with van der Waals surface area (Å²) in [5.41, 5.74) is 4.50. The molecule has 96 valence electrons.